The van der Waals surface area contributed by atoms with Crippen molar-refractivity contribution in [3.8, 4) is 17.3 Å². The summed E-state index contributed by atoms with van der Waals surface area (Å²) >= 11 is 0. The Bertz CT molecular complexity index is 1210. The standard InChI is InChI=1S/C22H21F3N6O3/c1-11-3-4-16(20-27-12(2)30-34-20)19(26-11)21(32)31-9-14-7-13(14)8-15(31)10-33-18-6-5-17(28-29-18)22(23,24)25/h3-6,13-15H,7-10H2,1-2H3. The lowest BCUT2D eigenvalue weighted by molar-refractivity contribution is -0.141. The van der Waals surface area contributed by atoms with E-state index in [9.17, 15) is 18.0 Å². The number of pyridine rings is 1. The van der Waals surface area contributed by atoms with Crippen LogP contribution in [-0.4, -0.2) is 55.3 Å². The number of hydrogen-bond donors (Lipinski definition) is 0. The number of ether oxygens (including phenoxy) is 1. The molecule has 0 spiro atoms. The topological polar surface area (TPSA) is 107 Å². The second kappa shape index (κ2) is 8.33. The van der Waals surface area contributed by atoms with Gasteiger partial charge in [0.25, 0.3) is 11.8 Å². The normalized spacial score (nSPS) is 21.8. The summed E-state index contributed by atoms with van der Waals surface area (Å²) in [5.41, 5.74) is 0.228. The Morgan fingerprint density at radius 2 is 1.94 bits per heavy atom. The van der Waals surface area contributed by atoms with Crippen molar-refractivity contribution < 1.29 is 27.2 Å². The first-order valence-corrected chi connectivity index (χ1v) is 10.8. The van der Waals surface area contributed by atoms with Gasteiger partial charge in [-0.1, -0.05) is 5.16 Å². The van der Waals surface area contributed by atoms with Crippen molar-refractivity contribution in [3.63, 3.8) is 0 Å². The SMILES string of the molecule is Cc1ccc(-c2nc(C)no2)c(C(=O)N2CC3CC3CC2COc2ccc(C(F)(F)F)nn2)n1. The lowest BCUT2D eigenvalue weighted by Gasteiger charge is -2.35. The van der Waals surface area contributed by atoms with Gasteiger partial charge in [-0.25, -0.2) is 4.98 Å². The highest BCUT2D eigenvalue weighted by atomic mass is 19.4. The second-order valence-corrected chi connectivity index (χ2v) is 8.66. The molecule has 1 saturated heterocycles. The molecule has 1 amide bonds. The van der Waals surface area contributed by atoms with Crippen LogP contribution in [0.1, 0.15) is 40.5 Å². The van der Waals surface area contributed by atoms with Gasteiger partial charge in [-0.2, -0.15) is 18.2 Å². The molecule has 2 fully saturated rings. The number of hydrogen-bond acceptors (Lipinski definition) is 8. The number of aromatic nitrogens is 5. The zero-order valence-corrected chi connectivity index (χ0v) is 18.4. The van der Waals surface area contributed by atoms with E-state index in [1.807, 2.05) is 0 Å². The molecule has 1 saturated carbocycles. The van der Waals surface area contributed by atoms with Crippen LogP contribution in [0.25, 0.3) is 11.5 Å². The maximum atomic E-state index is 13.7. The minimum Gasteiger partial charge on any atom is -0.474 e. The van der Waals surface area contributed by atoms with Crippen LogP contribution in [-0.2, 0) is 6.18 Å². The Morgan fingerprint density at radius 3 is 2.62 bits per heavy atom. The summed E-state index contributed by atoms with van der Waals surface area (Å²) in [5, 5.41) is 10.5. The smallest absolute Gasteiger partial charge is 0.435 e. The third-order valence-electron chi connectivity index (χ3n) is 6.13. The number of fused-ring (bicyclic) bond motifs is 1. The summed E-state index contributed by atoms with van der Waals surface area (Å²) < 4.78 is 49.1. The van der Waals surface area contributed by atoms with Crippen molar-refractivity contribution in [1.82, 2.24) is 30.2 Å². The third-order valence-corrected chi connectivity index (χ3v) is 6.13. The Morgan fingerprint density at radius 1 is 1.12 bits per heavy atom. The number of carbonyl (C=O) groups excluding carboxylic acids is 1. The van der Waals surface area contributed by atoms with E-state index in [4.69, 9.17) is 9.26 Å². The molecule has 12 heteroatoms. The molecule has 3 atom stereocenters. The van der Waals surface area contributed by atoms with Crippen LogP contribution in [0, 0.1) is 25.7 Å². The van der Waals surface area contributed by atoms with E-state index in [-0.39, 0.29) is 36.0 Å². The van der Waals surface area contributed by atoms with Gasteiger partial charge in [-0.15, -0.1) is 10.2 Å². The Balaban J connectivity index is 1.37. The van der Waals surface area contributed by atoms with Gasteiger partial charge in [0.05, 0.1) is 11.6 Å². The molecule has 2 aliphatic rings. The zero-order chi connectivity index (χ0) is 24.0. The van der Waals surface area contributed by atoms with E-state index in [0.29, 0.717) is 35.5 Å². The molecule has 3 aromatic heterocycles. The van der Waals surface area contributed by atoms with Crippen LogP contribution in [0.2, 0.25) is 0 Å². The number of carbonyl (C=O) groups is 1. The van der Waals surface area contributed by atoms with Gasteiger partial charge in [0, 0.05) is 18.3 Å². The molecule has 9 nitrogen and oxygen atoms in total. The maximum absolute atomic E-state index is 13.7. The monoisotopic (exact) mass is 474 g/mol. The minimum atomic E-state index is -4.57. The fourth-order valence-corrected chi connectivity index (χ4v) is 4.27. The third kappa shape index (κ3) is 4.44. The van der Waals surface area contributed by atoms with Crippen molar-refractivity contribution in [2.45, 2.75) is 38.9 Å². The van der Waals surface area contributed by atoms with Crippen LogP contribution >= 0.6 is 0 Å². The largest absolute Gasteiger partial charge is 0.474 e. The lowest BCUT2D eigenvalue weighted by Crippen LogP contribution is -2.48. The van der Waals surface area contributed by atoms with E-state index < -0.39 is 11.9 Å². The molecule has 3 aromatic rings. The van der Waals surface area contributed by atoms with Crippen molar-refractivity contribution in [1.29, 1.82) is 0 Å². The van der Waals surface area contributed by atoms with Gasteiger partial charge in [-0.3, -0.25) is 4.79 Å². The fourth-order valence-electron chi connectivity index (χ4n) is 4.27. The second-order valence-electron chi connectivity index (χ2n) is 8.66. The van der Waals surface area contributed by atoms with Crippen molar-refractivity contribution in [3.05, 3.63) is 47.2 Å². The highest BCUT2D eigenvalue weighted by Crippen LogP contribution is 2.47. The molecule has 34 heavy (non-hydrogen) atoms. The zero-order valence-electron chi connectivity index (χ0n) is 18.4. The Hall–Kier alpha value is -3.57. The first-order chi connectivity index (χ1) is 16.2. The van der Waals surface area contributed by atoms with Gasteiger partial charge in [0.2, 0.25) is 5.88 Å². The average Bonchev–Trinajstić information content (AvgIpc) is 3.44. The molecule has 1 aliphatic carbocycles. The predicted octanol–water partition coefficient (Wildman–Crippen LogP) is 3.49. The number of halogens is 3. The van der Waals surface area contributed by atoms with Crippen LogP contribution < -0.4 is 4.74 Å². The average molecular weight is 474 g/mol. The number of rotatable bonds is 5. The van der Waals surface area contributed by atoms with Gasteiger partial charge in [0.15, 0.2) is 11.5 Å². The predicted molar refractivity (Wildman–Crippen MR) is 111 cm³/mol. The maximum Gasteiger partial charge on any atom is 0.435 e. The number of nitrogens with zero attached hydrogens (tertiary/aromatic N) is 6. The number of aryl methyl sites for hydroxylation is 2. The molecule has 5 rings (SSSR count). The first kappa shape index (κ1) is 22.2. The fraction of sp³-hybridized carbons (Fsp3) is 0.455. The van der Waals surface area contributed by atoms with E-state index >= 15 is 0 Å². The highest BCUT2D eigenvalue weighted by Gasteiger charge is 2.48. The van der Waals surface area contributed by atoms with Gasteiger partial charge >= 0.3 is 6.18 Å². The Kier molecular flexibility index (Phi) is 5.45. The lowest BCUT2D eigenvalue weighted by atomic mass is 10.0. The first-order valence-electron chi connectivity index (χ1n) is 10.8. The molecule has 0 N–H and O–H groups in total. The van der Waals surface area contributed by atoms with Crippen LogP contribution in [0.5, 0.6) is 5.88 Å². The highest BCUT2D eigenvalue weighted by molar-refractivity contribution is 5.98. The van der Waals surface area contributed by atoms with Gasteiger partial charge in [-0.05, 0) is 56.7 Å². The number of amides is 1. The Labute approximate surface area is 192 Å². The summed E-state index contributed by atoms with van der Waals surface area (Å²) in [6, 6.07) is 5.15. The van der Waals surface area contributed by atoms with Crippen molar-refractivity contribution in [2.24, 2.45) is 11.8 Å². The van der Waals surface area contributed by atoms with E-state index in [1.165, 1.54) is 0 Å². The quantitative estimate of drug-likeness (QED) is 0.553. The number of piperidine rings is 1. The summed E-state index contributed by atoms with van der Waals surface area (Å²) in [4.78, 5) is 24.1. The van der Waals surface area contributed by atoms with E-state index in [2.05, 4.69) is 25.3 Å². The van der Waals surface area contributed by atoms with Crippen LogP contribution in [0.15, 0.2) is 28.8 Å². The summed E-state index contributed by atoms with van der Waals surface area (Å²) in [6.07, 6.45) is -2.82. The van der Waals surface area contributed by atoms with Crippen LogP contribution in [0.4, 0.5) is 13.2 Å². The summed E-state index contributed by atoms with van der Waals surface area (Å²) in [6.45, 7) is 4.10. The van der Waals surface area contributed by atoms with E-state index in [0.717, 1.165) is 25.0 Å². The molecular weight excluding hydrogens is 453 g/mol. The molecule has 178 valence electrons. The summed E-state index contributed by atoms with van der Waals surface area (Å²) in [5.74, 6) is 1.25. The molecule has 0 bridgehead atoms. The molecule has 3 unspecified atom stereocenters. The molecule has 0 aromatic carbocycles. The molecule has 1 aliphatic heterocycles. The molecule has 4 heterocycles. The van der Waals surface area contributed by atoms with Crippen molar-refractivity contribution in [2.75, 3.05) is 13.2 Å². The van der Waals surface area contributed by atoms with Crippen LogP contribution in [0.3, 0.4) is 0 Å². The van der Waals surface area contributed by atoms with Gasteiger partial charge < -0.3 is 14.2 Å². The van der Waals surface area contributed by atoms with E-state index in [1.54, 1.807) is 30.9 Å². The van der Waals surface area contributed by atoms with Crippen molar-refractivity contribution >= 4 is 5.91 Å². The number of likely N-dealkylation sites (tertiary alicyclic amines) is 1. The minimum absolute atomic E-state index is 0.0333. The molecular formula is C22H21F3N6O3. The number of alkyl halides is 3. The summed E-state index contributed by atoms with van der Waals surface area (Å²) in [7, 11) is 0. The van der Waals surface area contributed by atoms with Gasteiger partial charge in [0.1, 0.15) is 12.3 Å². The molecule has 0 radical (unpaired) electrons.